The molecule has 3 N–H and O–H groups in total. The normalized spacial score (nSPS) is 9.35. The van der Waals surface area contributed by atoms with Gasteiger partial charge in [0.2, 0.25) is 5.91 Å². The lowest BCUT2D eigenvalue weighted by Crippen LogP contribution is -2.28. The highest BCUT2D eigenvalue weighted by Gasteiger charge is 2.05. The fraction of sp³-hybridized carbons (Fsp3) is 0.200. The smallest absolute Gasteiger partial charge is 0.251 e. The van der Waals surface area contributed by atoms with Crippen LogP contribution in [0.5, 0.6) is 0 Å². The molecule has 1 rings (SSSR count). The Labute approximate surface area is 118 Å². The van der Waals surface area contributed by atoms with E-state index in [0.717, 1.165) is 0 Å². The van der Waals surface area contributed by atoms with Gasteiger partial charge in [0, 0.05) is 17.8 Å². The molecule has 5 heteroatoms. The van der Waals surface area contributed by atoms with Crippen LogP contribution in [0, 0.1) is 12.3 Å². The van der Waals surface area contributed by atoms with Crippen molar-refractivity contribution in [3.8, 4) is 12.3 Å². The standard InChI is InChI=1S/C15H17N3O2/c1-3-9-16-11-14(19)18-13-7-5-12(6-8-13)15(20)17-10-4-2/h1,4-8,16H,2,9-11H2,(H,17,20)(H,18,19). The number of carbonyl (C=O) groups is 2. The van der Waals surface area contributed by atoms with Crippen LogP contribution < -0.4 is 16.0 Å². The van der Waals surface area contributed by atoms with Gasteiger partial charge in [0.25, 0.3) is 5.91 Å². The summed E-state index contributed by atoms with van der Waals surface area (Å²) in [5, 5.41) is 8.15. The van der Waals surface area contributed by atoms with Gasteiger partial charge >= 0.3 is 0 Å². The van der Waals surface area contributed by atoms with Crippen LogP contribution in [0.1, 0.15) is 10.4 Å². The first-order chi connectivity index (χ1) is 9.67. The Morgan fingerprint density at radius 1 is 1.30 bits per heavy atom. The Morgan fingerprint density at radius 2 is 2.00 bits per heavy atom. The van der Waals surface area contributed by atoms with Crippen molar-refractivity contribution in [3.63, 3.8) is 0 Å². The minimum Gasteiger partial charge on any atom is -0.349 e. The van der Waals surface area contributed by atoms with E-state index in [-0.39, 0.29) is 18.4 Å². The average Bonchev–Trinajstić information content (AvgIpc) is 2.46. The van der Waals surface area contributed by atoms with Crippen LogP contribution in [0.15, 0.2) is 36.9 Å². The molecule has 1 aromatic rings. The molecule has 0 heterocycles. The predicted molar refractivity (Wildman–Crippen MR) is 79.3 cm³/mol. The number of anilines is 1. The first kappa shape index (κ1) is 15.5. The van der Waals surface area contributed by atoms with Gasteiger partial charge in [0.05, 0.1) is 13.1 Å². The zero-order chi connectivity index (χ0) is 14.8. The van der Waals surface area contributed by atoms with E-state index in [9.17, 15) is 9.59 Å². The zero-order valence-corrected chi connectivity index (χ0v) is 11.1. The number of rotatable bonds is 7. The minimum absolute atomic E-state index is 0.145. The number of hydrogen-bond acceptors (Lipinski definition) is 3. The van der Waals surface area contributed by atoms with Crippen molar-refractivity contribution in [2.24, 2.45) is 0 Å². The summed E-state index contributed by atoms with van der Waals surface area (Å²) in [6.45, 7) is 4.43. The van der Waals surface area contributed by atoms with Gasteiger partial charge in [-0.1, -0.05) is 12.0 Å². The summed E-state index contributed by atoms with van der Waals surface area (Å²) in [7, 11) is 0. The quantitative estimate of drug-likeness (QED) is 0.389. The van der Waals surface area contributed by atoms with E-state index in [0.29, 0.717) is 24.3 Å². The van der Waals surface area contributed by atoms with E-state index < -0.39 is 0 Å². The molecule has 2 amide bonds. The maximum atomic E-state index is 11.6. The highest BCUT2D eigenvalue weighted by molar-refractivity contribution is 5.96. The second-order valence-electron chi connectivity index (χ2n) is 3.93. The van der Waals surface area contributed by atoms with Gasteiger partial charge in [0.1, 0.15) is 0 Å². The molecule has 0 saturated heterocycles. The van der Waals surface area contributed by atoms with Gasteiger partial charge in [-0.2, -0.15) is 0 Å². The van der Waals surface area contributed by atoms with Gasteiger partial charge in [0.15, 0.2) is 0 Å². The summed E-state index contributed by atoms with van der Waals surface area (Å²) in [6, 6.07) is 6.62. The summed E-state index contributed by atoms with van der Waals surface area (Å²) in [5.41, 5.74) is 1.15. The average molecular weight is 271 g/mol. The molecule has 0 saturated carbocycles. The van der Waals surface area contributed by atoms with Gasteiger partial charge in [-0.25, -0.2) is 0 Å². The van der Waals surface area contributed by atoms with Gasteiger partial charge < -0.3 is 10.6 Å². The number of terminal acetylenes is 1. The van der Waals surface area contributed by atoms with Crippen LogP contribution in [0.4, 0.5) is 5.69 Å². The molecule has 104 valence electrons. The molecule has 20 heavy (non-hydrogen) atoms. The highest BCUT2D eigenvalue weighted by atomic mass is 16.2. The summed E-state index contributed by atoms with van der Waals surface area (Å²) in [5.74, 6) is 2.01. The molecule has 0 aromatic heterocycles. The highest BCUT2D eigenvalue weighted by Crippen LogP contribution is 2.09. The van der Waals surface area contributed by atoms with Crippen LogP contribution >= 0.6 is 0 Å². The number of nitrogens with one attached hydrogen (secondary N) is 3. The van der Waals surface area contributed by atoms with Crippen molar-refractivity contribution >= 4 is 17.5 Å². The zero-order valence-electron chi connectivity index (χ0n) is 11.1. The van der Waals surface area contributed by atoms with Gasteiger partial charge in [-0.3, -0.25) is 14.9 Å². The Bertz CT molecular complexity index is 515. The van der Waals surface area contributed by atoms with Crippen LogP contribution in [0.3, 0.4) is 0 Å². The third-order valence-electron chi connectivity index (χ3n) is 2.35. The fourth-order valence-corrected chi connectivity index (χ4v) is 1.43. The van der Waals surface area contributed by atoms with Crippen molar-refractivity contribution in [2.45, 2.75) is 0 Å². The Balaban J connectivity index is 2.50. The molecule has 0 spiro atoms. The van der Waals surface area contributed by atoms with Crippen molar-refractivity contribution in [1.29, 1.82) is 0 Å². The van der Waals surface area contributed by atoms with Crippen LogP contribution in [-0.2, 0) is 4.79 Å². The number of benzene rings is 1. The lowest BCUT2D eigenvalue weighted by atomic mass is 10.2. The molecule has 0 fully saturated rings. The second-order valence-corrected chi connectivity index (χ2v) is 3.93. The number of carbonyl (C=O) groups excluding carboxylic acids is 2. The van der Waals surface area contributed by atoms with E-state index in [1.165, 1.54) is 0 Å². The van der Waals surface area contributed by atoms with Crippen molar-refractivity contribution in [2.75, 3.05) is 25.0 Å². The first-order valence-corrected chi connectivity index (χ1v) is 6.10. The number of amides is 2. The molecule has 0 bridgehead atoms. The fourth-order valence-electron chi connectivity index (χ4n) is 1.43. The minimum atomic E-state index is -0.191. The molecule has 5 nitrogen and oxygen atoms in total. The monoisotopic (exact) mass is 271 g/mol. The molecule has 0 unspecified atom stereocenters. The lowest BCUT2D eigenvalue weighted by molar-refractivity contribution is -0.115. The first-order valence-electron chi connectivity index (χ1n) is 6.10. The van der Waals surface area contributed by atoms with E-state index >= 15 is 0 Å². The molecule has 0 aliphatic carbocycles. The van der Waals surface area contributed by atoms with E-state index in [1.807, 2.05) is 0 Å². The lowest BCUT2D eigenvalue weighted by Gasteiger charge is -2.07. The molecular weight excluding hydrogens is 254 g/mol. The van der Waals surface area contributed by atoms with E-state index in [1.54, 1.807) is 30.3 Å². The summed E-state index contributed by atoms with van der Waals surface area (Å²) in [6.07, 6.45) is 6.67. The maximum Gasteiger partial charge on any atom is 0.251 e. The Kier molecular flexibility index (Phi) is 6.59. The van der Waals surface area contributed by atoms with E-state index in [4.69, 9.17) is 6.42 Å². The van der Waals surface area contributed by atoms with Crippen molar-refractivity contribution in [3.05, 3.63) is 42.5 Å². The summed E-state index contributed by atoms with van der Waals surface area (Å²) >= 11 is 0. The topological polar surface area (TPSA) is 70.2 Å². The molecule has 0 aliphatic heterocycles. The molecule has 1 aromatic carbocycles. The number of hydrogen-bond donors (Lipinski definition) is 3. The van der Waals surface area contributed by atoms with Crippen LogP contribution in [0.2, 0.25) is 0 Å². The SMILES string of the molecule is C#CCNCC(=O)Nc1ccc(C(=O)NCC=C)cc1. The Hall–Kier alpha value is -2.58. The predicted octanol–water partition coefficient (Wildman–Crippen LogP) is 0.764. The molecule has 0 atom stereocenters. The summed E-state index contributed by atoms with van der Waals surface area (Å²) < 4.78 is 0. The van der Waals surface area contributed by atoms with Crippen molar-refractivity contribution in [1.82, 2.24) is 10.6 Å². The third kappa shape index (κ3) is 5.38. The second kappa shape index (κ2) is 8.51. The van der Waals surface area contributed by atoms with Crippen LogP contribution in [-0.4, -0.2) is 31.4 Å². The summed E-state index contributed by atoms with van der Waals surface area (Å²) in [4.78, 5) is 23.2. The Morgan fingerprint density at radius 3 is 2.60 bits per heavy atom. The molecule has 0 radical (unpaired) electrons. The molecular formula is C15H17N3O2. The van der Waals surface area contributed by atoms with Gasteiger partial charge in [-0.05, 0) is 24.3 Å². The largest absolute Gasteiger partial charge is 0.349 e. The van der Waals surface area contributed by atoms with E-state index in [2.05, 4.69) is 28.4 Å². The third-order valence-corrected chi connectivity index (χ3v) is 2.35. The van der Waals surface area contributed by atoms with Crippen molar-refractivity contribution < 1.29 is 9.59 Å². The van der Waals surface area contributed by atoms with Crippen LogP contribution in [0.25, 0.3) is 0 Å². The van der Waals surface area contributed by atoms with Gasteiger partial charge in [-0.15, -0.1) is 13.0 Å². The molecule has 0 aliphatic rings. The maximum absolute atomic E-state index is 11.6.